The molecule has 7 N–H and O–H groups in total. The van der Waals surface area contributed by atoms with Gasteiger partial charge in [-0.15, -0.1) is 0 Å². The Labute approximate surface area is 231 Å². The number of benzene rings is 4. The maximum Gasteiger partial charge on any atom is 0.277 e. The van der Waals surface area contributed by atoms with Gasteiger partial charge in [0.2, 0.25) is 5.78 Å². The summed E-state index contributed by atoms with van der Waals surface area (Å²) in [5.41, 5.74) is -0.256. The smallest absolute Gasteiger partial charge is 0.277 e. The molecule has 208 valence electrons. The minimum atomic E-state index is -2.53. The Kier molecular flexibility index (Phi) is 5.71. The van der Waals surface area contributed by atoms with Crippen molar-refractivity contribution in [1.29, 1.82) is 0 Å². The molecule has 4 aromatic rings. The number of ether oxygens (including phenoxy) is 2. The highest BCUT2D eigenvalue weighted by atomic mass is 16.6. The molecule has 0 spiro atoms. The van der Waals surface area contributed by atoms with Crippen LogP contribution in [0.4, 0.5) is 0 Å². The predicted octanol–water partition coefficient (Wildman–Crippen LogP) is 3.53. The van der Waals surface area contributed by atoms with Crippen molar-refractivity contribution in [2.75, 3.05) is 0 Å². The number of phenols is 6. The molecule has 0 fully saturated rings. The molecule has 6 rings (SSSR count). The zero-order valence-electron chi connectivity index (χ0n) is 21.0. The number of hydrogen-bond donors (Lipinski definition) is 7. The highest BCUT2D eigenvalue weighted by Crippen LogP contribution is 2.55. The van der Waals surface area contributed by atoms with Gasteiger partial charge in [0.15, 0.2) is 5.78 Å². The number of Topliss-reactive ketones (excluding diaryl/α,β-unsaturated/α-hetero) is 2. The summed E-state index contributed by atoms with van der Waals surface area (Å²) >= 11 is 0. The van der Waals surface area contributed by atoms with Crippen molar-refractivity contribution < 1.29 is 54.8 Å². The summed E-state index contributed by atoms with van der Waals surface area (Å²) in [5.74, 6) is -8.57. The Morgan fingerprint density at radius 3 is 1.98 bits per heavy atom. The van der Waals surface area contributed by atoms with E-state index in [2.05, 4.69) is 0 Å². The second-order valence-electron chi connectivity index (χ2n) is 9.90. The van der Waals surface area contributed by atoms with Crippen molar-refractivity contribution in [3.8, 4) is 46.0 Å². The molecule has 0 radical (unpaired) electrons. The zero-order chi connectivity index (χ0) is 29.2. The van der Waals surface area contributed by atoms with E-state index in [1.54, 1.807) is 0 Å². The Balaban J connectivity index is 1.52. The molecular formula is C30H22O11. The van der Waals surface area contributed by atoms with Crippen LogP contribution < -0.4 is 9.47 Å². The van der Waals surface area contributed by atoms with Crippen LogP contribution in [0.15, 0.2) is 66.7 Å². The molecule has 4 aromatic carbocycles. The fourth-order valence-electron chi connectivity index (χ4n) is 5.32. The first kappa shape index (κ1) is 25.8. The third kappa shape index (κ3) is 4.10. The predicted molar refractivity (Wildman–Crippen MR) is 140 cm³/mol. The lowest BCUT2D eigenvalue weighted by molar-refractivity contribution is -0.0899. The van der Waals surface area contributed by atoms with Gasteiger partial charge in [0.05, 0.1) is 11.5 Å². The lowest BCUT2D eigenvalue weighted by atomic mass is 9.79. The molecule has 11 nitrogen and oxygen atoms in total. The first-order chi connectivity index (χ1) is 19.5. The number of carbonyl (C=O) groups excluding carboxylic acids is 2. The number of hydrogen-bond acceptors (Lipinski definition) is 11. The molecule has 41 heavy (non-hydrogen) atoms. The van der Waals surface area contributed by atoms with E-state index in [4.69, 9.17) is 9.47 Å². The topological polar surface area (TPSA) is 194 Å². The van der Waals surface area contributed by atoms with Crippen LogP contribution in [0.3, 0.4) is 0 Å². The van der Waals surface area contributed by atoms with E-state index in [0.29, 0.717) is 11.1 Å². The largest absolute Gasteiger partial charge is 0.508 e. The van der Waals surface area contributed by atoms with Crippen molar-refractivity contribution >= 4 is 11.6 Å². The van der Waals surface area contributed by atoms with E-state index in [0.717, 1.165) is 18.2 Å². The Hall–Kier alpha value is -5.42. The van der Waals surface area contributed by atoms with Crippen molar-refractivity contribution in [2.45, 2.75) is 24.2 Å². The Morgan fingerprint density at radius 1 is 0.707 bits per heavy atom. The molecule has 0 bridgehead atoms. The van der Waals surface area contributed by atoms with E-state index < -0.39 is 70.1 Å². The summed E-state index contributed by atoms with van der Waals surface area (Å²) in [6, 6.07) is 14.1. The van der Waals surface area contributed by atoms with E-state index in [1.165, 1.54) is 48.5 Å². The fourth-order valence-corrected chi connectivity index (χ4v) is 5.32. The summed E-state index contributed by atoms with van der Waals surface area (Å²) in [7, 11) is 0. The van der Waals surface area contributed by atoms with Crippen molar-refractivity contribution in [3.05, 3.63) is 94.5 Å². The molecular weight excluding hydrogens is 536 g/mol. The van der Waals surface area contributed by atoms with Crippen molar-refractivity contribution in [1.82, 2.24) is 0 Å². The van der Waals surface area contributed by atoms with Crippen LogP contribution in [-0.2, 0) is 6.42 Å². The summed E-state index contributed by atoms with van der Waals surface area (Å²) in [6.07, 6.45) is -1.85. The Morgan fingerprint density at radius 2 is 1.32 bits per heavy atom. The molecule has 2 heterocycles. The van der Waals surface area contributed by atoms with Gasteiger partial charge in [0.1, 0.15) is 63.2 Å². The molecule has 0 aliphatic carbocycles. The van der Waals surface area contributed by atoms with E-state index >= 15 is 0 Å². The zero-order valence-corrected chi connectivity index (χ0v) is 21.0. The van der Waals surface area contributed by atoms with E-state index in [-0.39, 0.29) is 28.4 Å². The SMILES string of the molecule is O=C1c2c(O)cc(O)cc2OC(c2c(O)cc(O)c3c2OC(O)(Cc2ccc(O)cc2)C3=O)C1c1ccc(O)cc1. The van der Waals surface area contributed by atoms with Crippen LogP contribution in [0.1, 0.15) is 49.4 Å². The molecule has 2 aliphatic rings. The van der Waals surface area contributed by atoms with Gasteiger partial charge in [-0.25, -0.2) is 0 Å². The highest BCUT2D eigenvalue weighted by molar-refractivity contribution is 6.10. The van der Waals surface area contributed by atoms with Crippen molar-refractivity contribution in [2.24, 2.45) is 0 Å². The van der Waals surface area contributed by atoms with Crippen LogP contribution in [0.2, 0.25) is 0 Å². The molecule has 11 heteroatoms. The van der Waals surface area contributed by atoms with Crippen LogP contribution in [0, 0.1) is 0 Å². The first-order valence-corrected chi connectivity index (χ1v) is 12.4. The summed E-state index contributed by atoms with van der Waals surface area (Å²) in [4.78, 5) is 27.3. The number of ketones is 2. The molecule has 0 saturated carbocycles. The number of carbonyl (C=O) groups is 2. The summed E-state index contributed by atoms with van der Waals surface area (Å²) in [6.45, 7) is 0. The van der Waals surface area contributed by atoms with Gasteiger partial charge in [-0.2, -0.15) is 0 Å². The van der Waals surface area contributed by atoms with Crippen LogP contribution in [-0.4, -0.2) is 53.1 Å². The average Bonchev–Trinajstić information content (AvgIpc) is 3.16. The Bertz CT molecular complexity index is 1730. The molecule has 0 amide bonds. The number of aromatic hydroxyl groups is 6. The molecule has 0 aromatic heterocycles. The van der Waals surface area contributed by atoms with Crippen LogP contribution in [0.5, 0.6) is 46.0 Å². The van der Waals surface area contributed by atoms with E-state index in [1.807, 2.05) is 0 Å². The molecule has 3 unspecified atom stereocenters. The summed E-state index contributed by atoms with van der Waals surface area (Å²) < 4.78 is 11.8. The van der Waals surface area contributed by atoms with Gasteiger partial charge in [0.25, 0.3) is 5.79 Å². The minimum absolute atomic E-state index is 0.0377. The minimum Gasteiger partial charge on any atom is -0.508 e. The normalized spacial score (nSPS) is 21.1. The van der Waals surface area contributed by atoms with E-state index in [9.17, 15) is 45.3 Å². The van der Waals surface area contributed by atoms with Crippen LogP contribution in [0.25, 0.3) is 0 Å². The standard InChI is InChI=1S/C30H22O11/c31-15-5-1-13(2-6-15)12-30(39)29(38)25-20(36)11-19(35)24(28(25)41-30)27-22(14-3-7-16(32)8-4-14)26(37)23-18(34)9-17(33)10-21(23)40-27/h1-11,22,27,31-36,39H,12H2. The van der Waals surface area contributed by atoms with Gasteiger partial charge < -0.3 is 45.2 Å². The molecule has 2 aliphatic heterocycles. The second kappa shape index (κ2) is 9.07. The number of rotatable bonds is 4. The number of phenolic OH excluding ortho intramolecular Hbond substituents is 6. The van der Waals surface area contributed by atoms with Gasteiger partial charge in [-0.3, -0.25) is 9.59 Å². The molecule has 3 atom stereocenters. The average molecular weight is 558 g/mol. The van der Waals surface area contributed by atoms with Crippen LogP contribution >= 0.6 is 0 Å². The van der Waals surface area contributed by atoms with Gasteiger partial charge in [-0.1, -0.05) is 24.3 Å². The number of aliphatic hydroxyl groups is 1. The molecule has 0 saturated heterocycles. The monoisotopic (exact) mass is 558 g/mol. The second-order valence-corrected chi connectivity index (χ2v) is 9.90. The third-order valence-corrected chi connectivity index (χ3v) is 7.20. The lowest BCUT2D eigenvalue weighted by Crippen LogP contribution is -2.42. The first-order valence-electron chi connectivity index (χ1n) is 12.4. The highest BCUT2D eigenvalue weighted by Gasteiger charge is 2.53. The number of fused-ring (bicyclic) bond motifs is 2. The van der Waals surface area contributed by atoms with Crippen molar-refractivity contribution in [3.63, 3.8) is 0 Å². The third-order valence-electron chi connectivity index (χ3n) is 7.20. The fraction of sp³-hybridized carbons (Fsp3) is 0.133. The maximum absolute atomic E-state index is 13.9. The maximum atomic E-state index is 13.9. The van der Waals surface area contributed by atoms with Gasteiger partial charge in [-0.05, 0) is 35.4 Å². The summed E-state index contributed by atoms with van der Waals surface area (Å²) in [5, 5.41) is 72.9. The van der Waals surface area contributed by atoms with Gasteiger partial charge >= 0.3 is 0 Å². The lowest BCUT2D eigenvalue weighted by Gasteiger charge is -2.34. The quantitative estimate of drug-likeness (QED) is 0.194. The van der Waals surface area contributed by atoms with Gasteiger partial charge in [0, 0.05) is 24.6 Å².